The largest absolute Gasteiger partial charge is 0.475 e. The number of amides is 1. The molecule has 8 nitrogen and oxygen atoms in total. The van der Waals surface area contributed by atoms with Crippen molar-refractivity contribution in [1.82, 2.24) is 14.9 Å². The van der Waals surface area contributed by atoms with Crippen LogP contribution in [0.2, 0.25) is 0 Å². The highest BCUT2D eigenvalue weighted by molar-refractivity contribution is 7.92. The number of ether oxygens (including phenoxy) is 1. The first kappa shape index (κ1) is 27.6. The van der Waals surface area contributed by atoms with Gasteiger partial charge in [-0.05, 0) is 68.9 Å². The molecule has 0 saturated carbocycles. The van der Waals surface area contributed by atoms with Crippen molar-refractivity contribution in [2.45, 2.75) is 71.4 Å². The number of hydrogen-bond donors (Lipinski definition) is 1. The van der Waals surface area contributed by atoms with Crippen LogP contribution in [0.5, 0.6) is 5.88 Å². The zero-order chi connectivity index (χ0) is 27.6. The summed E-state index contributed by atoms with van der Waals surface area (Å²) in [5.41, 5.74) is 3.76. The molecule has 4 bridgehead atoms. The number of aromatic nitrogens is 2. The molecule has 1 unspecified atom stereocenters. The summed E-state index contributed by atoms with van der Waals surface area (Å²) in [4.78, 5) is 24.6. The van der Waals surface area contributed by atoms with Crippen molar-refractivity contribution in [2.75, 3.05) is 11.3 Å². The molecule has 4 rings (SSSR count). The average Bonchev–Trinajstić information content (AvgIpc) is 2.86. The van der Waals surface area contributed by atoms with Crippen LogP contribution in [-0.4, -0.2) is 47.9 Å². The van der Waals surface area contributed by atoms with E-state index in [0.29, 0.717) is 23.6 Å². The van der Waals surface area contributed by atoms with Gasteiger partial charge in [0.2, 0.25) is 11.8 Å². The molecule has 1 aliphatic heterocycles. The predicted molar refractivity (Wildman–Crippen MR) is 149 cm³/mol. The molecule has 0 saturated heterocycles. The normalized spacial score (nSPS) is 18.0. The van der Waals surface area contributed by atoms with Crippen LogP contribution >= 0.6 is 0 Å². The van der Waals surface area contributed by atoms with E-state index in [4.69, 9.17) is 4.74 Å². The fourth-order valence-electron chi connectivity index (χ4n) is 4.93. The zero-order valence-electron chi connectivity index (χ0n) is 22.9. The van der Waals surface area contributed by atoms with Gasteiger partial charge < -0.3 is 9.64 Å². The highest BCUT2D eigenvalue weighted by Gasteiger charge is 2.31. The maximum atomic E-state index is 13.8. The Hall–Kier alpha value is -3.46. The first-order chi connectivity index (χ1) is 18.0. The van der Waals surface area contributed by atoms with Crippen molar-refractivity contribution >= 4 is 21.9 Å². The van der Waals surface area contributed by atoms with Crippen LogP contribution in [-0.2, 0) is 10.0 Å². The highest BCUT2D eigenvalue weighted by Crippen LogP contribution is 2.30. The Bertz CT molecular complexity index is 1420. The first-order valence-corrected chi connectivity index (χ1v) is 14.5. The highest BCUT2D eigenvalue weighted by atomic mass is 32.2. The average molecular weight is 537 g/mol. The number of carbonyl (C=O) groups is 1. The molecule has 2 heterocycles. The van der Waals surface area contributed by atoms with Crippen LogP contribution in [0.15, 0.2) is 53.4 Å². The van der Waals surface area contributed by atoms with Gasteiger partial charge in [0.25, 0.3) is 15.9 Å². The summed E-state index contributed by atoms with van der Waals surface area (Å²) in [7, 11) is -4.08. The molecule has 2 aromatic carbocycles. The molecule has 1 N–H and O–H groups in total. The molecule has 202 valence electrons. The number of fused-ring (bicyclic) bond motifs is 4. The smallest absolute Gasteiger partial charge is 0.264 e. The van der Waals surface area contributed by atoms with Crippen molar-refractivity contribution in [3.63, 3.8) is 0 Å². The monoisotopic (exact) mass is 536 g/mol. The molecular formula is C29H36N4O4S. The number of nitrogens with one attached hydrogen (secondary N) is 1. The molecule has 38 heavy (non-hydrogen) atoms. The number of aryl methyl sites for hydroxylation is 2. The van der Waals surface area contributed by atoms with Crippen LogP contribution in [0.3, 0.4) is 0 Å². The number of hydrogen-bond acceptors (Lipinski definition) is 6. The van der Waals surface area contributed by atoms with Crippen molar-refractivity contribution in [3.05, 3.63) is 65.2 Å². The standard InChI is InChI=1S/C29H36N4O4S/c1-7-21(6)33-23(14-18(2)3)17-37-26-16-25(27-19(4)10-8-11-20(27)5)30-29(31-26)32-38(35,36)24-13-9-12-22(15-24)28(33)34/h8-13,15-16,18,21,23H,7,14,17H2,1-6H3,(H,30,31,32)/t21?,23-/m1/s1. The lowest BCUT2D eigenvalue weighted by atomic mass is 9.99. The van der Waals surface area contributed by atoms with Gasteiger partial charge in [-0.25, -0.2) is 18.1 Å². The Morgan fingerprint density at radius 1 is 1.05 bits per heavy atom. The lowest BCUT2D eigenvalue weighted by molar-refractivity contribution is 0.0458. The van der Waals surface area contributed by atoms with Gasteiger partial charge in [-0.15, -0.1) is 0 Å². The summed E-state index contributed by atoms with van der Waals surface area (Å²) in [6.07, 6.45) is 1.46. The lowest BCUT2D eigenvalue weighted by Gasteiger charge is -2.37. The second-order valence-corrected chi connectivity index (χ2v) is 12.1. The zero-order valence-corrected chi connectivity index (χ0v) is 23.7. The Morgan fingerprint density at radius 3 is 2.39 bits per heavy atom. The molecule has 9 heteroatoms. The van der Waals surface area contributed by atoms with Crippen LogP contribution in [0.4, 0.5) is 5.95 Å². The summed E-state index contributed by atoms with van der Waals surface area (Å²) < 4.78 is 35.5. The van der Waals surface area contributed by atoms with E-state index >= 15 is 0 Å². The summed E-state index contributed by atoms with van der Waals surface area (Å²) in [5.74, 6) is 0.235. The molecule has 1 amide bonds. The second kappa shape index (κ2) is 11.1. The Balaban J connectivity index is 1.92. The fourth-order valence-corrected chi connectivity index (χ4v) is 5.92. The van der Waals surface area contributed by atoms with Crippen molar-refractivity contribution in [2.24, 2.45) is 5.92 Å². The third-order valence-electron chi connectivity index (χ3n) is 6.92. The minimum absolute atomic E-state index is 0.0318. The topological polar surface area (TPSA) is 101 Å². The fraction of sp³-hybridized carbons (Fsp3) is 0.414. The van der Waals surface area contributed by atoms with E-state index in [0.717, 1.165) is 23.1 Å². The Morgan fingerprint density at radius 2 is 1.74 bits per heavy atom. The molecule has 0 spiro atoms. The van der Waals surface area contributed by atoms with E-state index in [9.17, 15) is 13.2 Å². The molecule has 0 radical (unpaired) electrons. The predicted octanol–water partition coefficient (Wildman–Crippen LogP) is 5.61. The minimum Gasteiger partial charge on any atom is -0.475 e. The second-order valence-electron chi connectivity index (χ2n) is 10.4. The van der Waals surface area contributed by atoms with Gasteiger partial charge in [-0.1, -0.05) is 45.0 Å². The van der Waals surface area contributed by atoms with Gasteiger partial charge in [0.15, 0.2) is 0 Å². The van der Waals surface area contributed by atoms with Crippen molar-refractivity contribution < 1.29 is 17.9 Å². The lowest BCUT2D eigenvalue weighted by Crippen LogP contribution is -2.49. The number of nitrogens with zero attached hydrogens (tertiary/aromatic N) is 3. The number of sulfonamides is 1. The number of rotatable bonds is 5. The van der Waals surface area contributed by atoms with Crippen molar-refractivity contribution in [1.29, 1.82) is 0 Å². The van der Waals surface area contributed by atoms with Crippen LogP contribution in [0, 0.1) is 19.8 Å². The van der Waals surface area contributed by atoms with Gasteiger partial charge >= 0.3 is 0 Å². The minimum atomic E-state index is -4.08. The number of carbonyl (C=O) groups excluding carboxylic acids is 1. The molecule has 1 aliphatic rings. The summed E-state index contributed by atoms with van der Waals surface area (Å²) in [6, 6.07) is 13.5. The first-order valence-electron chi connectivity index (χ1n) is 13.0. The molecule has 1 aromatic heterocycles. The van der Waals surface area contributed by atoms with E-state index in [1.165, 1.54) is 12.1 Å². The molecule has 3 aromatic rings. The van der Waals surface area contributed by atoms with Crippen LogP contribution in [0.1, 0.15) is 62.0 Å². The van der Waals surface area contributed by atoms with E-state index in [-0.39, 0.29) is 41.3 Å². The maximum Gasteiger partial charge on any atom is 0.264 e. The molecular weight excluding hydrogens is 500 g/mol. The van der Waals surface area contributed by atoms with Gasteiger partial charge in [-0.3, -0.25) is 4.79 Å². The van der Waals surface area contributed by atoms with Gasteiger partial charge in [-0.2, -0.15) is 4.98 Å². The van der Waals surface area contributed by atoms with Gasteiger partial charge in [0.05, 0.1) is 16.6 Å². The third-order valence-corrected chi connectivity index (χ3v) is 8.24. The maximum absolute atomic E-state index is 13.8. The van der Waals surface area contributed by atoms with E-state index in [2.05, 4.69) is 28.5 Å². The SMILES string of the molecule is CCC(C)N1C(=O)c2cccc(c2)S(=O)(=O)Nc2nc(cc(-c3c(C)cccc3C)n2)OC[C@H]1CC(C)C. The molecule has 2 atom stereocenters. The van der Waals surface area contributed by atoms with E-state index in [1.54, 1.807) is 18.2 Å². The molecule has 0 fully saturated rings. The van der Waals surface area contributed by atoms with E-state index in [1.807, 2.05) is 50.8 Å². The van der Waals surface area contributed by atoms with E-state index < -0.39 is 10.0 Å². The van der Waals surface area contributed by atoms with Crippen molar-refractivity contribution in [3.8, 4) is 17.1 Å². The Labute approximate surface area is 225 Å². The van der Waals surface area contributed by atoms with Crippen LogP contribution in [0.25, 0.3) is 11.3 Å². The Kier molecular flexibility index (Phi) is 8.06. The summed E-state index contributed by atoms with van der Waals surface area (Å²) in [6.45, 7) is 12.4. The summed E-state index contributed by atoms with van der Waals surface area (Å²) in [5, 5.41) is 0. The summed E-state index contributed by atoms with van der Waals surface area (Å²) >= 11 is 0. The van der Waals surface area contributed by atoms with Gasteiger partial charge in [0, 0.05) is 23.2 Å². The quantitative estimate of drug-likeness (QED) is 0.455. The number of benzene rings is 2. The number of anilines is 1. The van der Waals surface area contributed by atoms with Crippen LogP contribution < -0.4 is 9.46 Å². The van der Waals surface area contributed by atoms with Gasteiger partial charge in [0.1, 0.15) is 6.61 Å². The molecule has 0 aliphatic carbocycles. The third kappa shape index (κ3) is 5.83.